The second-order valence-corrected chi connectivity index (χ2v) is 6.14. The Balaban J connectivity index is 2.66. The first-order valence-corrected chi connectivity index (χ1v) is 6.60. The molecule has 0 fully saturated rings. The predicted molar refractivity (Wildman–Crippen MR) is 76.4 cm³/mol. The molecule has 0 saturated carbocycles. The van der Waals surface area contributed by atoms with Crippen LogP contribution in [0.4, 0.5) is 0 Å². The zero-order chi connectivity index (χ0) is 14.2. The van der Waals surface area contributed by atoms with Gasteiger partial charge in [0.2, 0.25) is 0 Å². The molecule has 0 aliphatic rings. The number of rotatable bonds is 2. The Morgan fingerprint density at radius 3 is 2.16 bits per heavy atom. The third kappa shape index (κ3) is 2.91. The van der Waals surface area contributed by atoms with Gasteiger partial charge in [-0.2, -0.15) is 0 Å². The zero-order valence-electron chi connectivity index (χ0n) is 11.0. The molecule has 0 spiro atoms. The summed E-state index contributed by atoms with van der Waals surface area (Å²) in [7, 11) is 0. The molecule has 0 bridgehead atoms. The topological polar surface area (TPSA) is 50.9 Å². The normalized spacial score (nSPS) is 11.9. The highest BCUT2D eigenvalue weighted by Crippen LogP contribution is 2.30. The maximum Gasteiger partial charge on any atom is 0.164 e. The van der Waals surface area contributed by atoms with Gasteiger partial charge in [-0.15, -0.1) is 10.2 Å². The van der Waals surface area contributed by atoms with Crippen LogP contribution >= 0.6 is 23.2 Å². The Kier molecular flexibility index (Phi) is 3.85. The van der Waals surface area contributed by atoms with E-state index in [0.29, 0.717) is 21.7 Å². The summed E-state index contributed by atoms with van der Waals surface area (Å²) in [5, 5.41) is 18.6. The molecule has 1 aromatic heterocycles. The van der Waals surface area contributed by atoms with Crippen LogP contribution in [0, 0.1) is 0 Å². The number of halogens is 2. The summed E-state index contributed by atoms with van der Waals surface area (Å²) in [6.45, 7) is 5.89. The minimum absolute atomic E-state index is 0.168. The van der Waals surface area contributed by atoms with Crippen LogP contribution in [-0.4, -0.2) is 19.9 Å². The van der Waals surface area contributed by atoms with Crippen molar-refractivity contribution in [2.24, 2.45) is 0 Å². The average Bonchev–Trinajstić information content (AvgIpc) is 2.70. The van der Waals surface area contributed by atoms with E-state index >= 15 is 0 Å². The van der Waals surface area contributed by atoms with E-state index in [1.165, 1.54) is 0 Å². The summed E-state index contributed by atoms with van der Waals surface area (Å²) in [5.41, 5.74) is 0.519. The summed E-state index contributed by atoms with van der Waals surface area (Å²) >= 11 is 12.0. The fourth-order valence-electron chi connectivity index (χ4n) is 1.99. The lowest BCUT2D eigenvalue weighted by atomic mass is 10.1. The van der Waals surface area contributed by atoms with Crippen molar-refractivity contribution in [3.63, 3.8) is 0 Å². The number of aliphatic hydroxyl groups excluding tert-OH is 1. The smallest absolute Gasteiger partial charge is 0.164 e. The van der Waals surface area contributed by atoms with Crippen LogP contribution in [0.1, 0.15) is 26.6 Å². The lowest BCUT2D eigenvalue weighted by Crippen LogP contribution is -2.25. The maximum absolute atomic E-state index is 9.38. The number of aliphatic hydroxyl groups is 1. The number of hydrogen-bond donors (Lipinski definition) is 1. The Morgan fingerprint density at radius 2 is 1.68 bits per heavy atom. The quantitative estimate of drug-likeness (QED) is 0.923. The van der Waals surface area contributed by atoms with Gasteiger partial charge in [-0.3, -0.25) is 0 Å². The van der Waals surface area contributed by atoms with Gasteiger partial charge < -0.3 is 9.67 Å². The molecule has 1 N–H and O–H groups in total. The van der Waals surface area contributed by atoms with Crippen molar-refractivity contribution in [1.82, 2.24) is 14.8 Å². The van der Waals surface area contributed by atoms with E-state index in [2.05, 4.69) is 10.2 Å². The monoisotopic (exact) mass is 299 g/mol. The van der Waals surface area contributed by atoms with E-state index in [4.69, 9.17) is 23.2 Å². The molecule has 0 atom stereocenters. The number of hydrogen-bond acceptors (Lipinski definition) is 3. The summed E-state index contributed by atoms with van der Waals surface area (Å²) in [5.74, 6) is 1.15. The van der Waals surface area contributed by atoms with Crippen molar-refractivity contribution in [2.75, 3.05) is 0 Å². The van der Waals surface area contributed by atoms with Crippen LogP contribution in [0.15, 0.2) is 18.2 Å². The molecule has 0 aliphatic heterocycles. The van der Waals surface area contributed by atoms with Crippen molar-refractivity contribution >= 4 is 23.2 Å². The van der Waals surface area contributed by atoms with Crippen molar-refractivity contribution in [2.45, 2.75) is 32.9 Å². The largest absolute Gasteiger partial charge is 0.388 e. The van der Waals surface area contributed by atoms with Crippen LogP contribution in [0.3, 0.4) is 0 Å². The number of benzene rings is 1. The molecule has 6 heteroatoms. The minimum atomic E-state index is -0.258. The van der Waals surface area contributed by atoms with Gasteiger partial charge in [0.1, 0.15) is 6.61 Å². The molecule has 0 unspecified atom stereocenters. The molecule has 1 heterocycles. The molecule has 102 valence electrons. The molecule has 0 amide bonds. The van der Waals surface area contributed by atoms with Gasteiger partial charge in [-0.05, 0) is 39.0 Å². The maximum atomic E-state index is 9.38. The Bertz CT molecular complexity index is 582. The summed E-state index contributed by atoms with van der Waals surface area (Å²) < 4.78 is 1.88. The standard InChI is InChI=1S/C13H15Cl2N3O/c1-13(2,3)18-11(7-19)16-17-12(18)8-4-9(14)6-10(15)5-8/h4-6,19H,7H2,1-3H3. The Morgan fingerprint density at radius 1 is 1.11 bits per heavy atom. The fraction of sp³-hybridized carbons (Fsp3) is 0.385. The lowest BCUT2D eigenvalue weighted by Gasteiger charge is -2.24. The van der Waals surface area contributed by atoms with Crippen molar-refractivity contribution < 1.29 is 5.11 Å². The SMILES string of the molecule is CC(C)(C)n1c(CO)nnc1-c1cc(Cl)cc(Cl)c1. The van der Waals surface area contributed by atoms with Gasteiger partial charge in [-0.1, -0.05) is 23.2 Å². The summed E-state index contributed by atoms with van der Waals surface area (Å²) in [4.78, 5) is 0. The lowest BCUT2D eigenvalue weighted by molar-refractivity contribution is 0.250. The molecular formula is C13H15Cl2N3O. The molecule has 4 nitrogen and oxygen atoms in total. The van der Waals surface area contributed by atoms with Crippen LogP contribution in [0.5, 0.6) is 0 Å². The molecule has 0 radical (unpaired) electrons. The summed E-state index contributed by atoms with van der Waals surface area (Å²) in [6.07, 6.45) is 0. The predicted octanol–water partition coefficient (Wildman–Crippen LogP) is 3.50. The van der Waals surface area contributed by atoms with Crippen LogP contribution in [0.25, 0.3) is 11.4 Å². The van der Waals surface area contributed by atoms with Crippen LogP contribution < -0.4 is 0 Å². The molecule has 2 rings (SSSR count). The second kappa shape index (κ2) is 5.12. The van der Waals surface area contributed by atoms with E-state index in [1.807, 2.05) is 25.3 Å². The average molecular weight is 300 g/mol. The van der Waals surface area contributed by atoms with Gasteiger partial charge in [0.25, 0.3) is 0 Å². The van der Waals surface area contributed by atoms with E-state index < -0.39 is 0 Å². The molecular weight excluding hydrogens is 285 g/mol. The van der Waals surface area contributed by atoms with Crippen LogP contribution in [0.2, 0.25) is 10.0 Å². The molecule has 1 aromatic carbocycles. The van der Waals surface area contributed by atoms with Crippen molar-refractivity contribution in [3.8, 4) is 11.4 Å². The van der Waals surface area contributed by atoms with Crippen molar-refractivity contribution in [1.29, 1.82) is 0 Å². The van der Waals surface area contributed by atoms with E-state index in [9.17, 15) is 5.11 Å². The van der Waals surface area contributed by atoms with E-state index in [-0.39, 0.29) is 12.1 Å². The van der Waals surface area contributed by atoms with E-state index in [1.54, 1.807) is 18.2 Å². The second-order valence-electron chi connectivity index (χ2n) is 5.26. The first-order valence-electron chi connectivity index (χ1n) is 5.85. The Hall–Kier alpha value is -1.10. The molecule has 0 aliphatic carbocycles. The fourth-order valence-corrected chi connectivity index (χ4v) is 2.52. The highest BCUT2D eigenvalue weighted by atomic mass is 35.5. The van der Waals surface area contributed by atoms with Crippen LogP contribution in [-0.2, 0) is 12.1 Å². The van der Waals surface area contributed by atoms with Gasteiger partial charge in [0, 0.05) is 21.1 Å². The van der Waals surface area contributed by atoms with Crippen molar-refractivity contribution in [3.05, 3.63) is 34.1 Å². The van der Waals surface area contributed by atoms with Gasteiger partial charge in [0.15, 0.2) is 11.6 Å². The zero-order valence-corrected chi connectivity index (χ0v) is 12.5. The molecule has 2 aromatic rings. The highest BCUT2D eigenvalue weighted by molar-refractivity contribution is 6.35. The van der Waals surface area contributed by atoms with Gasteiger partial charge in [0.05, 0.1) is 0 Å². The third-order valence-electron chi connectivity index (χ3n) is 2.66. The Labute approximate surface area is 122 Å². The summed E-state index contributed by atoms with van der Waals surface area (Å²) in [6, 6.07) is 5.22. The third-order valence-corrected chi connectivity index (χ3v) is 3.10. The first kappa shape index (κ1) is 14.3. The first-order chi connectivity index (χ1) is 8.82. The highest BCUT2D eigenvalue weighted by Gasteiger charge is 2.23. The molecule has 19 heavy (non-hydrogen) atoms. The minimum Gasteiger partial charge on any atom is -0.388 e. The molecule has 0 saturated heterocycles. The number of nitrogens with zero attached hydrogens (tertiary/aromatic N) is 3. The van der Waals surface area contributed by atoms with Gasteiger partial charge >= 0.3 is 0 Å². The van der Waals surface area contributed by atoms with Gasteiger partial charge in [-0.25, -0.2) is 0 Å². The number of aromatic nitrogens is 3. The van der Waals surface area contributed by atoms with E-state index in [0.717, 1.165) is 5.56 Å².